The van der Waals surface area contributed by atoms with Crippen LogP contribution in [0.2, 0.25) is 0 Å². The van der Waals surface area contributed by atoms with Crippen molar-refractivity contribution in [3.63, 3.8) is 0 Å². The third-order valence-corrected chi connectivity index (χ3v) is 5.39. The largest absolute Gasteiger partial charge is 0.307 e. The zero-order valence-electron chi connectivity index (χ0n) is 11.9. The molecule has 2 atom stereocenters. The van der Waals surface area contributed by atoms with Crippen LogP contribution < -0.4 is 5.32 Å². The Hall–Kier alpha value is -0.930. The van der Waals surface area contributed by atoms with Crippen LogP contribution in [0.15, 0.2) is 23.7 Å². The summed E-state index contributed by atoms with van der Waals surface area (Å²) in [4.78, 5) is 4.54. The molecule has 2 unspecified atom stereocenters. The van der Waals surface area contributed by atoms with Gasteiger partial charge in [0, 0.05) is 18.3 Å². The molecule has 0 amide bonds. The van der Waals surface area contributed by atoms with E-state index in [-0.39, 0.29) is 0 Å². The lowest BCUT2D eigenvalue weighted by molar-refractivity contribution is 0.266. The molecule has 1 fully saturated rings. The molecule has 19 heavy (non-hydrogen) atoms. The van der Waals surface area contributed by atoms with Crippen molar-refractivity contribution < 1.29 is 0 Å². The predicted octanol–water partition coefficient (Wildman–Crippen LogP) is 4.53. The summed E-state index contributed by atoms with van der Waals surface area (Å²) in [5.74, 6) is 0. The van der Waals surface area contributed by atoms with E-state index < -0.39 is 0 Å². The van der Waals surface area contributed by atoms with Gasteiger partial charge in [-0.25, -0.2) is 0 Å². The van der Waals surface area contributed by atoms with Crippen molar-refractivity contribution in [2.75, 3.05) is 0 Å². The van der Waals surface area contributed by atoms with Gasteiger partial charge in [0.2, 0.25) is 0 Å². The Balaban J connectivity index is 1.77. The number of hydrogen-bond acceptors (Lipinski definition) is 3. The van der Waals surface area contributed by atoms with E-state index in [4.69, 9.17) is 0 Å². The van der Waals surface area contributed by atoms with E-state index in [1.165, 1.54) is 29.5 Å². The Bertz CT molecular complexity index is 573. The second kappa shape index (κ2) is 4.88. The van der Waals surface area contributed by atoms with E-state index in [9.17, 15) is 0 Å². The highest BCUT2D eigenvalue weighted by Crippen LogP contribution is 2.38. The molecule has 0 radical (unpaired) electrons. The van der Waals surface area contributed by atoms with Gasteiger partial charge in [0.25, 0.3) is 0 Å². The molecule has 0 saturated heterocycles. The van der Waals surface area contributed by atoms with Crippen LogP contribution in [0.5, 0.6) is 0 Å². The number of aromatic nitrogens is 1. The first-order valence-corrected chi connectivity index (χ1v) is 8.03. The van der Waals surface area contributed by atoms with Crippen LogP contribution in [-0.2, 0) is 0 Å². The summed E-state index contributed by atoms with van der Waals surface area (Å²) in [6, 6.07) is 5.37. The maximum absolute atomic E-state index is 4.54. The van der Waals surface area contributed by atoms with Crippen molar-refractivity contribution in [1.82, 2.24) is 10.3 Å². The van der Waals surface area contributed by atoms with Gasteiger partial charge in [0.1, 0.15) is 0 Å². The number of rotatable bonds is 3. The van der Waals surface area contributed by atoms with Crippen molar-refractivity contribution in [3.8, 4) is 0 Å². The smallest absolute Gasteiger partial charge is 0.0809 e. The van der Waals surface area contributed by atoms with E-state index in [0.717, 1.165) is 5.52 Å². The van der Waals surface area contributed by atoms with Gasteiger partial charge in [0.15, 0.2) is 0 Å². The number of pyridine rings is 1. The molecule has 2 aromatic rings. The molecule has 1 N–H and O–H groups in total. The van der Waals surface area contributed by atoms with Gasteiger partial charge in [-0.3, -0.25) is 4.98 Å². The van der Waals surface area contributed by atoms with Crippen LogP contribution in [0.25, 0.3) is 10.2 Å². The first-order chi connectivity index (χ1) is 9.06. The number of fused-ring (bicyclic) bond motifs is 1. The summed E-state index contributed by atoms with van der Waals surface area (Å²) < 4.78 is 1.29. The average molecular weight is 274 g/mol. The second-order valence-corrected chi connectivity index (χ2v) is 7.34. The van der Waals surface area contributed by atoms with Crippen molar-refractivity contribution in [1.29, 1.82) is 0 Å². The first kappa shape index (κ1) is 13.1. The first-order valence-electron chi connectivity index (χ1n) is 7.15. The molecule has 3 rings (SSSR count). The van der Waals surface area contributed by atoms with Gasteiger partial charge < -0.3 is 5.32 Å². The van der Waals surface area contributed by atoms with Crippen LogP contribution in [0, 0.1) is 5.41 Å². The Morgan fingerprint density at radius 2 is 2.32 bits per heavy atom. The summed E-state index contributed by atoms with van der Waals surface area (Å²) in [5.41, 5.74) is 2.84. The van der Waals surface area contributed by atoms with Gasteiger partial charge >= 0.3 is 0 Å². The standard InChI is InChI=1S/C16H22N2S/c1-11(18-15-5-4-7-16(15,2)3)12-9-14-13(17-10-12)6-8-19-14/h6,8-11,15,18H,4-5,7H2,1-3H3. The van der Waals surface area contributed by atoms with Crippen molar-refractivity contribution in [3.05, 3.63) is 29.3 Å². The van der Waals surface area contributed by atoms with Crippen molar-refractivity contribution in [2.45, 2.75) is 52.1 Å². The molecule has 0 aliphatic heterocycles. The molecule has 3 heteroatoms. The van der Waals surface area contributed by atoms with E-state index in [2.05, 4.69) is 48.6 Å². The van der Waals surface area contributed by atoms with Gasteiger partial charge in [-0.05, 0) is 48.3 Å². The van der Waals surface area contributed by atoms with E-state index >= 15 is 0 Å². The van der Waals surface area contributed by atoms with E-state index in [1.807, 2.05) is 6.20 Å². The van der Waals surface area contributed by atoms with Crippen LogP contribution >= 0.6 is 11.3 Å². The molecule has 1 saturated carbocycles. The maximum atomic E-state index is 4.54. The zero-order chi connectivity index (χ0) is 13.5. The molecule has 2 nitrogen and oxygen atoms in total. The predicted molar refractivity (Wildman–Crippen MR) is 82.6 cm³/mol. The average Bonchev–Trinajstić information content (AvgIpc) is 2.95. The lowest BCUT2D eigenvalue weighted by Gasteiger charge is -2.31. The fourth-order valence-corrected chi connectivity index (χ4v) is 3.92. The van der Waals surface area contributed by atoms with E-state index in [1.54, 1.807) is 11.3 Å². The minimum Gasteiger partial charge on any atom is -0.307 e. The number of nitrogens with zero attached hydrogens (tertiary/aromatic N) is 1. The number of nitrogens with one attached hydrogen (secondary N) is 1. The third kappa shape index (κ3) is 2.54. The minimum atomic E-state index is 0.376. The third-order valence-electron chi connectivity index (χ3n) is 4.53. The van der Waals surface area contributed by atoms with Crippen molar-refractivity contribution in [2.24, 2.45) is 5.41 Å². The fraction of sp³-hybridized carbons (Fsp3) is 0.562. The molecule has 2 heterocycles. The molecule has 1 aliphatic rings. The highest BCUT2D eigenvalue weighted by molar-refractivity contribution is 7.17. The van der Waals surface area contributed by atoms with E-state index in [0.29, 0.717) is 17.5 Å². The lowest BCUT2D eigenvalue weighted by Crippen LogP contribution is -2.39. The Morgan fingerprint density at radius 3 is 3.05 bits per heavy atom. The van der Waals surface area contributed by atoms with Crippen LogP contribution in [-0.4, -0.2) is 11.0 Å². The molecule has 0 aromatic carbocycles. The topological polar surface area (TPSA) is 24.9 Å². The quantitative estimate of drug-likeness (QED) is 0.889. The SMILES string of the molecule is CC(NC1CCCC1(C)C)c1cnc2ccsc2c1. The van der Waals surface area contributed by atoms with Gasteiger partial charge in [-0.2, -0.15) is 0 Å². The summed E-state index contributed by atoms with van der Waals surface area (Å²) in [6.07, 6.45) is 6.00. The normalized spacial score (nSPS) is 23.8. The second-order valence-electron chi connectivity index (χ2n) is 6.39. The summed E-state index contributed by atoms with van der Waals surface area (Å²) in [7, 11) is 0. The molecular weight excluding hydrogens is 252 g/mol. The zero-order valence-corrected chi connectivity index (χ0v) is 12.8. The fourth-order valence-electron chi connectivity index (χ4n) is 3.13. The molecule has 2 aromatic heterocycles. The highest BCUT2D eigenvalue weighted by Gasteiger charge is 2.34. The Kier molecular flexibility index (Phi) is 3.35. The summed E-state index contributed by atoms with van der Waals surface area (Å²) in [6.45, 7) is 7.01. The number of hydrogen-bond donors (Lipinski definition) is 1. The van der Waals surface area contributed by atoms with Gasteiger partial charge in [0.05, 0.1) is 10.2 Å². The maximum Gasteiger partial charge on any atom is 0.0809 e. The molecule has 102 valence electrons. The molecule has 0 spiro atoms. The summed E-state index contributed by atoms with van der Waals surface area (Å²) >= 11 is 1.77. The lowest BCUT2D eigenvalue weighted by atomic mass is 9.87. The molecule has 1 aliphatic carbocycles. The Morgan fingerprint density at radius 1 is 1.47 bits per heavy atom. The Labute approximate surface area is 119 Å². The monoisotopic (exact) mass is 274 g/mol. The van der Waals surface area contributed by atoms with Crippen LogP contribution in [0.1, 0.15) is 51.6 Å². The van der Waals surface area contributed by atoms with Gasteiger partial charge in [-0.15, -0.1) is 11.3 Å². The van der Waals surface area contributed by atoms with Crippen LogP contribution in [0.4, 0.5) is 0 Å². The van der Waals surface area contributed by atoms with Crippen molar-refractivity contribution >= 4 is 21.6 Å². The highest BCUT2D eigenvalue weighted by atomic mass is 32.1. The minimum absolute atomic E-state index is 0.376. The number of thiophene rings is 1. The molecular formula is C16H22N2S. The summed E-state index contributed by atoms with van der Waals surface area (Å²) in [5, 5.41) is 5.92. The molecule has 0 bridgehead atoms. The van der Waals surface area contributed by atoms with Gasteiger partial charge in [-0.1, -0.05) is 20.3 Å². The van der Waals surface area contributed by atoms with Crippen LogP contribution in [0.3, 0.4) is 0 Å².